The quantitative estimate of drug-likeness (QED) is 0.788. The molecular formula is C10H12BrClN2O2S3. The first-order chi connectivity index (χ1) is 8.82. The molecule has 2 heterocycles. The Kier molecular flexibility index (Phi) is 4.90. The fraction of sp³-hybridized carbons (Fsp3) is 0.500. The smallest absolute Gasteiger partial charge is 0.252 e. The van der Waals surface area contributed by atoms with Gasteiger partial charge in [-0.3, -0.25) is 0 Å². The van der Waals surface area contributed by atoms with Crippen molar-refractivity contribution in [2.75, 3.05) is 13.1 Å². The van der Waals surface area contributed by atoms with Crippen LogP contribution < -0.4 is 5.73 Å². The van der Waals surface area contributed by atoms with Gasteiger partial charge in [0.1, 0.15) is 4.21 Å². The maximum atomic E-state index is 12.4. The highest BCUT2D eigenvalue weighted by molar-refractivity contribution is 9.11. The predicted molar refractivity (Wildman–Crippen MR) is 85.3 cm³/mol. The predicted octanol–water partition coefficient (Wildman–Crippen LogP) is 2.85. The molecule has 1 saturated heterocycles. The lowest BCUT2D eigenvalue weighted by Gasteiger charge is -2.30. The third-order valence-electron chi connectivity index (χ3n) is 3.07. The number of hydrogen-bond donors (Lipinski definition) is 1. The first kappa shape index (κ1) is 15.7. The minimum absolute atomic E-state index is 0.139. The van der Waals surface area contributed by atoms with Crippen LogP contribution in [0.2, 0.25) is 5.02 Å². The second-order valence-corrected chi connectivity index (χ2v) is 9.68. The SMILES string of the molecule is NC(=S)C1CCN(S(=O)(=O)c2cc(Cl)c(Br)s2)CC1. The van der Waals surface area contributed by atoms with E-state index in [0.29, 0.717) is 39.7 Å². The minimum Gasteiger partial charge on any atom is -0.393 e. The van der Waals surface area contributed by atoms with Crippen LogP contribution in [0.4, 0.5) is 0 Å². The number of nitrogens with zero attached hydrogens (tertiary/aromatic N) is 1. The van der Waals surface area contributed by atoms with Gasteiger partial charge in [0.2, 0.25) is 0 Å². The fourth-order valence-electron chi connectivity index (χ4n) is 1.96. The highest BCUT2D eigenvalue weighted by atomic mass is 79.9. The molecule has 0 atom stereocenters. The van der Waals surface area contributed by atoms with Crippen molar-refractivity contribution in [2.24, 2.45) is 11.7 Å². The molecule has 1 aromatic rings. The third kappa shape index (κ3) is 3.30. The third-order valence-corrected chi connectivity index (χ3v) is 8.23. The van der Waals surface area contributed by atoms with E-state index in [0.717, 1.165) is 11.3 Å². The molecular weight excluding hydrogens is 392 g/mol. The Labute approximate surface area is 135 Å². The van der Waals surface area contributed by atoms with Crippen LogP contribution in [0.1, 0.15) is 12.8 Å². The van der Waals surface area contributed by atoms with Crippen molar-refractivity contribution in [3.05, 3.63) is 14.9 Å². The molecule has 0 radical (unpaired) electrons. The van der Waals surface area contributed by atoms with Crippen LogP contribution in [0.3, 0.4) is 0 Å². The van der Waals surface area contributed by atoms with Crippen molar-refractivity contribution in [1.29, 1.82) is 0 Å². The van der Waals surface area contributed by atoms with Gasteiger partial charge in [-0.25, -0.2) is 8.42 Å². The molecule has 1 aliphatic heterocycles. The Hall–Kier alpha value is 0.270. The largest absolute Gasteiger partial charge is 0.393 e. The van der Waals surface area contributed by atoms with Gasteiger partial charge in [0.15, 0.2) is 0 Å². The molecule has 1 aliphatic rings. The summed E-state index contributed by atoms with van der Waals surface area (Å²) in [7, 11) is -3.46. The second-order valence-electron chi connectivity index (χ2n) is 4.27. The molecule has 2 N–H and O–H groups in total. The zero-order valence-electron chi connectivity index (χ0n) is 9.80. The van der Waals surface area contributed by atoms with Crippen LogP contribution in [0.5, 0.6) is 0 Å². The van der Waals surface area contributed by atoms with Crippen LogP contribution in [0.25, 0.3) is 0 Å². The molecule has 0 saturated carbocycles. The Bertz CT molecular complexity index is 574. The summed E-state index contributed by atoms with van der Waals surface area (Å²) in [6.45, 7) is 0.884. The van der Waals surface area contributed by atoms with Gasteiger partial charge in [-0.2, -0.15) is 4.31 Å². The molecule has 1 fully saturated rings. The van der Waals surface area contributed by atoms with Gasteiger partial charge >= 0.3 is 0 Å². The first-order valence-corrected chi connectivity index (χ1v) is 9.40. The molecule has 106 valence electrons. The van der Waals surface area contributed by atoms with Crippen molar-refractivity contribution in [3.63, 3.8) is 0 Å². The molecule has 0 spiro atoms. The summed E-state index contributed by atoms with van der Waals surface area (Å²) in [5, 5.41) is 0.418. The molecule has 1 aromatic heterocycles. The summed E-state index contributed by atoms with van der Waals surface area (Å²) in [6, 6.07) is 1.48. The van der Waals surface area contributed by atoms with E-state index < -0.39 is 10.0 Å². The summed E-state index contributed by atoms with van der Waals surface area (Å²) >= 11 is 15.2. The normalized spacial score (nSPS) is 18.6. The molecule has 2 rings (SSSR count). The lowest BCUT2D eigenvalue weighted by atomic mass is 9.98. The van der Waals surface area contributed by atoms with Crippen molar-refractivity contribution >= 4 is 66.1 Å². The van der Waals surface area contributed by atoms with Crippen LogP contribution in [0, 0.1) is 5.92 Å². The van der Waals surface area contributed by atoms with E-state index in [1.807, 2.05) is 0 Å². The Morgan fingerprint density at radius 1 is 1.53 bits per heavy atom. The van der Waals surface area contributed by atoms with Gasteiger partial charge in [0.25, 0.3) is 10.0 Å². The molecule has 0 aliphatic carbocycles. The highest BCUT2D eigenvalue weighted by Gasteiger charge is 2.31. The summed E-state index contributed by atoms with van der Waals surface area (Å²) in [4.78, 5) is 0.471. The van der Waals surface area contributed by atoms with E-state index in [-0.39, 0.29) is 10.1 Å². The highest BCUT2D eigenvalue weighted by Crippen LogP contribution is 2.36. The lowest BCUT2D eigenvalue weighted by molar-refractivity contribution is 0.317. The van der Waals surface area contributed by atoms with E-state index >= 15 is 0 Å². The maximum Gasteiger partial charge on any atom is 0.252 e. The summed E-state index contributed by atoms with van der Waals surface area (Å²) in [5.41, 5.74) is 5.60. The molecule has 4 nitrogen and oxygen atoms in total. The Morgan fingerprint density at radius 3 is 2.53 bits per heavy atom. The zero-order chi connectivity index (χ0) is 14.2. The summed E-state index contributed by atoms with van der Waals surface area (Å²) < 4.78 is 27.2. The summed E-state index contributed by atoms with van der Waals surface area (Å²) in [5.74, 6) is 0.139. The van der Waals surface area contributed by atoms with E-state index in [4.69, 9.17) is 29.6 Å². The average Bonchev–Trinajstić information content (AvgIpc) is 2.70. The molecule has 0 aromatic carbocycles. The summed E-state index contributed by atoms with van der Waals surface area (Å²) in [6.07, 6.45) is 1.35. The van der Waals surface area contributed by atoms with Gasteiger partial charge in [-0.1, -0.05) is 23.8 Å². The van der Waals surface area contributed by atoms with E-state index in [9.17, 15) is 8.42 Å². The van der Waals surface area contributed by atoms with E-state index in [1.165, 1.54) is 10.4 Å². The van der Waals surface area contributed by atoms with Gasteiger partial charge in [-0.05, 0) is 34.8 Å². The van der Waals surface area contributed by atoms with Gasteiger partial charge in [0.05, 0.1) is 13.8 Å². The van der Waals surface area contributed by atoms with Crippen molar-refractivity contribution < 1.29 is 8.42 Å². The fourth-order valence-corrected chi connectivity index (χ4v) is 6.22. The molecule has 9 heteroatoms. The minimum atomic E-state index is -3.46. The molecule has 0 amide bonds. The van der Waals surface area contributed by atoms with Gasteiger partial charge in [-0.15, -0.1) is 11.3 Å². The van der Waals surface area contributed by atoms with Crippen LogP contribution in [-0.2, 0) is 10.0 Å². The Balaban J connectivity index is 2.16. The van der Waals surface area contributed by atoms with Crippen molar-refractivity contribution in [2.45, 2.75) is 17.1 Å². The van der Waals surface area contributed by atoms with E-state index in [1.54, 1.807) is 0 Å². The number of piperidine rings is 1. The van der Waals surface area contributed by atoms with Gasteiger partial charge in [0, 0.05) is 19.0 Å². The number of thiocarbonyl (C=S) groups is 1. The number of sulfonamides is 1. The Morgan fingerprint density at radius 2 is 2.11 bits per heavy atom. The lowest BCUT2D eigenvalue weighted by Crippen LogP contribution is -2.41. The van der Waals surface area contributed by atoms with Crippen LogP contribution >= 0.6 is 51.1 Å². The van der Waals surface area contributed by atoms with Crippen LogP contribution in [-0.4, -0.2) is 30.8 Å². The molecule has 0 bridgehead atoms. The second kappa shape index (κ2) is 5.95. The van der Waals surface area contributed by atoms with Crippen LogP contribution in [0.15, 0.2) is 14.1 Å². The number of halogens is 2. The number of rotatable bonds is 3. The number of nitrogens with two attached hydrogens (primary N) is 1. The monoisotopic (exact) mass is 402 g/mol. The first-order valence-electron chi connectivity index (χ1n) is 5.56. The maximum absolute atomic E-state index is 12.4. The molecule has 19 heavy (non-hydrogen) atoms. The number of thiophene rings is 1. The van der Waals surface area contributed by atoms with Crippen molar-refractivity contribution in [3.8, 4) is 0 Å². The average molecular weight is 404 g/mol. The van der Waals surface area contributed by atoms with Crippen molar-refractivity contribution in [1.82, 2.24) is 4.31 Å². The number of hydrogen-bond acceptors (Lipinski definition) is 4. The van der Waals surface area contributed by atoms with Gasteiger partial charge < -0.3 is 5.73 Å². The zero-order valence-corrected chi connectivity index (χ0v) is 14.6. The van der Waals surface area contributed by atoms with E-state index in [2.05, 4.69) is 15.9 Å². The molecule has 0 unspecified atom stereocenters. The standard InChI is InChI=1S/C10H12BrClN2O2S3/c11-9-7(12)5-8(18-9)19(15,16)14-3-1-6(2-4-14)10(13)17/h5-6H,1-4H2,(H2,13,17). The topological polar surface area (TPSA) is 63.4 Å².